The lowest BCUT2D eigenvalue weighted by Crippen LogP contribution is -2.16. The SMILES string of the molecule is O=[N+]([O-])c1ccc2c(c1)CN(CO)C2. The molecule has 0 aliphatic carbocycles. The summed E-state index contributed by atoms with van der Waals surface area (Å²) in [5.41, 5.74) is 2.11. The number of hydrogen-bond acceptors (Lipinski definition) is 4. The Morgan fingerprint density at radius 3 is 2.79 bits per heavy atom. The van der Waals surface area contributed by atoms with E-state index in [0.29, 0.717) is 13.1 Å². The second kappa shape index (κ2) is 3.36. The lowest BCUT2D eigenvalue weighted by atomic mass is 10.1. The van der Waals surface area contributed by atoms with Gasteiger partial charge in [0, 0.05) is 25.2 Å². The van der Waals surface area contributed by atoms with Gasteiger partial charge in [-0.05, 0) is 11.1 Å². The van der Waals surface area contributed by atoms with Gasteiger partial charge in [-0.25, -0.2) is 0 Å². The molecule has 0 atom stereocenters. The topological polar surface area (TPSA) is 66.6 Å². The van der Waals surface area contributed by atoms with Crippen LogP contribution < -0.4 is 0 Å². The first kappa shape index (κ1) is 9.11. The van der Waals surface area contributed by atoms with Gasteiger partial charge in [0.15, 0.2) is 0 Å². The molecular formula is C9H10N2O3. The molecule has 0 aromatic heterocycles. The van der Waals surface area contributed by atoms with Crippen LogP contribution in [0.3, 0.4) is 0 Å². The first-order valence-electron chi connectivity index (χ1n) is 4.30. The molecule has 0 amide bonds. The second-order valence-corrected chi connectivity index (χ2v) is 3.34. The lowest BCUT2D eigenvalue weighted by Gasteiger charge is -2.08. The Hall–Kier alpha value is -1.46. The van der Waals surface area contributed by atoms with Crippen molar-refractivity contribution < 1.29 is 10.0 Å². The molecule has 0 saturated carbocycles. The minimum absolute atomic E-state index is 0.0114. The highest BCUT2D eigenvalue weighted by Gasteiger charge is 2.20. The van der Waals surface area contributed by atoms with Gasteiger partial charge in [-0.3, -0.25) is 15.0 Å². The van der Waals surface area contributed by atoms with E-state index in [1.54, 1.807) is 12.1 Å². The summed E-state index contributed by atoms with van der Waals surface area (Å²) in [4.78, 5) is 11.9. The number of nitrogens with zero attached hydrogens (tertiary/aromatic N) is 2. The Kier molecular flexibility index (Phi) is 2.18. The van der Waals surface area contributed by atoms with E-state index in [-0.39, 0.29) is 12.4 Å². The van der Waals surface area contributed by atoms with Crippen molar-refractivity contribution in [3.63, 3.8) is 0 Å². The molecule has 5 heteroatoms. The average Bonchev–Trinajstić information content (AvgIpc) is 2.58. The van der Waals surface area contributed by atoms with Gasteiger partial charge in [-0.2, -0.15) is 0 Å². The molecule has 5 nitrogen and oxygen atoms in total. The Morgan fingerprint density at radius 2 is 2.14 bits per heavy atom. The molecule has 0 spiro atoms. The minimum atomic E-state index is -0.401. The van der Waals surface area contributed by atoms with Gasteiger partial charge in [-0.1, -0.05) is 6.07 Å². The van der Waals surface area contributed by atoms with Gasteiger partial charge < -0.3 is 5.11 Å². The van der Waals surface area contributed by atoms with Crippen molar-refractivity contribution in [2.45, 2.75) is 13.1 Å². The largest absolute Gasteiger partial charge is 0.381 e. The van der Waals surface area contributed by atoms with Crippen LogP contribution in [-0.2, 0) is 13.1 Å². The Balaban J connectivity index is 2.31. The summed E-state index contributed by atoms with van der Waals surface area (Å²) in [5, 5.41) is 19.4. The molecule has 1 aromatic carbocycles. The smallest absolute Gasteiger partial charge is 0.269 e. The first-order chi connectivity index (χ1) is 6.70. The van der Waals surface area contributed by atoms with Crippen molar-refractivity contribution in [3.8, 4) is 0 Å². The Morgan fingerprint density at radius 1 is 1.43 bits per heavy atom. The number of non-ortho nitro benzene ring substituents is 1. The van der Waals surface area contributed by atoms with Gasteiger partial charge in [-0.15, -0.1) is 0 Å². The molecule has 2 rings (SSSR count). The fourth-order valence-corrected chi connectivity index (χ4v) is 1.67. The Labute approximate surface area is 80.7 Å². The van der Waals surface area contributed by atoms with Gasteiger partial charge in [0.05, 0.1) is 11.7 Å². The summed E-state index contributed by atoms with van der Waals surface area (Å²) in [6.07, 6.45) is 0. The van der Waals surface area contributed by atoms with Crippen molar-refractivity contribution in [3.05, 3.63) is 39.4 Å². The predicted molar refractivity (Wildman–Crippen MR) is 49.4 cm³/mol. The summed E-state index contributed by atoms with van der Waals surface area (Å²) >= 11 is 0. The van der Waals surface area contributed by atoms with Crippen LogP contribution in [0.1, 0.15) is 11.1 Å². The summed E-state index contributed by atoms with van der Waals surface area (Å²) in [6, 6.07) is 4.83. The van der Waals surface area contributed by atoms with Gasteiger partial charge in [0.25, 0.3) is 5.69 Å². The molecule has 0 fully saturated rings. The van der Waals surface area contributed by atoms with Gasteiger partial charge >= 0.3 is 0 Å². The van der Waals surface area contributed by atoms with E-state index in [9.17, 15) is 10.1 Å². The van der Waals surface area contributed by atoms with Crippen molar-refractivity contribution in [1.29, 1.82) is 0 Å². The van der Waals surface area contributed by atoms with E-state index >= 15 is 0 Å². The number of rotatable bonds is 2. The number of hydrogen-bond donors (Lipinski definition) is 1. The van der Waals surface area contributed by atoms with Gasteiger partial charge in [0.2, 0.25) is 0 Å². The fraction of sp³-hybridized carbons (Fsp3) is 0.333. The average molecular weight is 194 g/mol. The normalized spacial score (nSPS) is 15.5. The van der Waals surface area contributed by atoms with Crippen molar-refractivity contribution in [2.24, 2.45) is 0 Å². The molecule has 14 heavy (non-hydrogen) atoms. The second-order valence-electron chi connectivity index (χ2n) is 3.34. The Bertz CT molecular complexity index is 378. The molecule has 1 aromatic rings. The quantitative estimate of drug-likeness (QED) is 0.560. The van der Waals surface area contributed by atoms with E-state index in [0.717, 1.165) is 11.1 Å². The van der Waals surface area contributed by atoms with Gasteiger partial charge in [0.1, 0.15) is 0 Å². The predicted octanol–water partition coefficient (Wildman–Crippen LogP) is 0.860. The van der Waals surface area contributed by atoms with E-state index in [4.69, 9.17) is 5.11 Å². The molecule has 1 aliphatic heterocycles. The highest BCUT2D eigenvalue weighted by Crippen LogP contribution is 2.25. The number of nitro benzene ring substituents is 1. The minimum Gasteiger partial charge on any atom is -0.381 e. The highest BCUT2D eigenvalue weighted by atomic mass is 16.6. The number of aliphatic hydroxyl groups excluding tert-OH is 1. The summed E-state index contributed by atoms with van der Waals surface area (Å²) in [7, 11) is 0. The van der Waals surface area contributed by atoms with Crippen LogP contribution >= 0.6 is 0 Å². The maximum Gasteiger partial charge on any atom is 0.269 e. The maximum atomic E-state index is 10.5. The molecule has 0 unspecified atom stereocenters. The standard InChI is InChI=1S/C9H10N2O3/c12-6-10-4-7-1-2-9(11(13)14)3-8(7)5-10/h1-3,12H,4-6H2. The zero-order valence-electron chi connectivity index (χ0n) is 7.51. The third-order valence-electron chi connectivity index (χ3n) is 2.39. The third kappa shape index (κ3) is 1.47. The van der Waals surface area contributed by atoms with Crippen LogP contribution in [0.15, 0.2) is 18.2 Å². The van der Waals surface area contributed by atoms with Crippen molar-refractivity contribution in [2.75, 3.05) is 6.73 Å². The number of nitro groups is 1. The maximum absolute atomic E-state index is 10.5. The van der Waals surface area contributed by atoms with Crippen molar-refractivity contribution >= 4 is 5.69 Å². The molecule has 74 valence electrons. The van der Waals surface area contributed by atoms with E-state index in [1.165, 1.54) is 6.07 Å². The summed E-state index contributed by atoms with van der Waals surface area (Å²) in [5.74, 6) is 0. The number of benzene rings is 1. The van der Waals surface area contributed by atoms with Crippen LogP contribution in [0.4, 0.5) is 5.69 Å². The summed E-state index contributed by atoms with van der Waals surface area (Å²) < 4.78 is 0. The molecule has 0 radical (unpaired) electrons. The van der Waals surface area contributed by atoms with Crippen LogP contribution in [0.2, 0.25) is 0 Å². The zero-order chi connectivity index (χ0) is 10.1. The van der Waals surface area contributed by atoms with E-state index in [1.807, 2.05) is 4.90 Å². The molecule has 0 bridgehead atoms. The highest BCUT2D eigenvalue weighted by molar-refractivity contribution is 5.41. The zero-order valence-corrected chi connectivity index (χ0v) is 7.51. The molecule has 1 heterocycles. The summed E-state index contributed by atoms with van der Waals surface area (Å²) in [6.45, 7) is 1.25. The molecule has 0 saturated heterocycles. The first-order valence-corrected chi connectivity index (χ1v) is 4.30. The van der Waals surface area contributed by atoms with Crippen LogP contribution in [0.5, 0.6) is 0 Å². The van der Waals surface area contributed by atoms with Crippen LogP contribution in [0, 0.1) is 10.1 Å². The molecule has 1 N–H and O–H groups in total. The monoisotopic (exact) mass is 194 g/mol. The van der Waals surface area contributed by atoms with Crippen molar-refractivity contribution in [1.82, 2.24) is 4.90 Å². The van der Waals surface area contributed by atoms with Crippen LogP contribution in [-0.4, -0.2) is 21.7 Å². The van der Waals surface area contributed by atoms with Crippen LogP contribution in [0.25, 0.3) is 0 Å². The van der Waals surface area contributed by atoms with E-state index in [2.05, 4.69) is 0 Å². The third-order valence-corrected chi connectivity index (χ3v) is 2.39. The molecular weight excluding hydrogens is 184 g/mol. The lowest BCUT2D eigenvalue weighted by molar-refractivity contribution is -0.384. The fourth-order valence-electron chi connectivity index (χ4n) is 1.67. The molecule has 1 aliphatic rings. The number of aliphatic hydroxyl groups is 1. The van der Waals surface area contributed by atoms with E-state index < -0.39 is 4.92 Å². The number of fused-ring (bicyclic) bond motifs is 1.